The van der Waals surface area contributed by atoms with Gasteiger partial charge in [0.05, 0.1) is 13.2 Å². The average Bonchev–Trinajstić information content (AvgIpc) is 2.10. The van der Waals surface area contributed by atoms with Crippen molar-refractivity contribution in [3.05, 3.63) is 0 Å². The van der Waals surface area contributed by atoms with E-state index in [1.165, 1.54) is 14.0 Å². The molecule has 0 bridgehead atoms. The molecule has 7 heteroatoms. The van der Waals surface area contributed by atoms with Crippen LogP contribution in [-0.4, -0.2) is 55.2 Å². The highest BCUT2D eigenvalue weighted by atomic mass is 19.4. The summed E-state index contributed by atoms with van der Waals surface area (Å²) in [5.74, 6) is 0. The summed E-state index contributed by atoms with van der Waals surface area (Å²) in [6.45, 7) is -0.298. The average molecular weight is 230 g/mol. The van der Waals surface area contributed by atoms with E-state index in [1.54, 1.807) is 0 Å². The summed E-state index contributed by atoms with van der Waals surface area (Å²) in [5.41, 5.74) is 0. The molecule has 0 aliphatic carbocycles. The topological polar surface area (TPSA) is 46.5 Å². The van der Waals surface area contributed by atoms with Gasteiger partial charge in [-0.1, -0.05) is 0 Å². The Balaban J connectivity index is 4.73. The van der Waals surface area contributed by atoms with E-state index in [1.807, 2.05) is 0 Å². The smallest absolute Gasteiger partial charge is 0.435 e. The van der Waals surface area contributed by atoms with E-state index in [0.717, 1.165) is 0 Å². The lowest BCUT2D eigenvalue weighted by Gasteiger charge is -2.31. The molecule has 0 saturated heterocycles. The standard InChI is InChI=1S/C8H14F3NO3/c1-3-12(7(13)14,4-5-15-2)6-8(9,10)11/h3-6H2,1-2H3/p+1. The molecule has 4 nitrogen and oxygen atoms in total. The van der Waals surface area contributed by atoms with Crippen molar-refractivity contribution in [2.45, 2.75) is 13.1 Å². The summed E-state index contributed by atoms with van der Waals surface area (Å²) in [6.07, 6.45) is -5.98. The zero-order chi connectivity index (χ0) is 12.1. The first-order valence-electron chi connectivity index (χ1n) is 4.42. The molecule has 0 aliphatic heterocycles. The molecule has 1 N–H and O–H groups in total. The molecule has 0 saturated carbocycles. The molecule has 0 radical (unpaired) electrons. The maximum absolute atomic E-state index is 12.2. The molecule has 0 rings (SSSR count). The number of amides is 1. The summed E-state index contributed by atoms with van der Waals surface area (Å²) in [6, 6.07) is 0. The molecule has 1 atom stereocenters. The normalized spacial score (nSPS) is 16.1. The molecule has 0 aliphatic rings. The van der Waals surface area contributed by atoms with Crippen LogP contribution in [0.1, 0.15) is 6.92 Å². The third-order valence-electron chi connectivity index (χ3n) is 2.22. The zero-order valence-corrected chi connectivity index (χ0v) is 8.67. The SMILES string of the molecule is CC[N+](CCOC)(CC(F)(F)F)C(=O)O. The molecule has 0 aromatic rings. The number of quaternary nitrogens is 1. The number of carbonyl (C=O) groups is 1. The molecule has 0 heterocycles. The molecular weight excluding hydrogens is 215 g/mol. The van der Waals surface area contributed by atoms with Crippen LogP contribution in [0.15, 0.2) is 0 Å². The van der Waals surface area contributed by atoms with Crippen molar-refractivity contribution in [1.82, 2.24) is 0 Å². The van der Waals surface area contributed by atoms with E-state index >= 15 is 0 Å². The van der Waals surface area contributed by atoms with Crippen molar-refractivity contribution in [1.29, 1.82) is 0 Å². The van der Waals surface area contributed by atoms with Crippen LogP contribution in [0.5, 0.6) is 0 Å². The highest BCUT2D eigenvalue weighted by molar-refractivity contribution is 5.56. The minimum absolute atomic E-state index is 0.0176. The Morgan fingerprint density at radius 1 is 1.47 bits per heavy atom. The van der Waals surface area contributed by atoms with Crippen LogP contribution >= 0.6 is 0 Å². The van der Waals surface area contributed by atoms with Gasteiger partial charge in [0.2, 0.25) is 0 Å². The van der Waals surface area contributed by atoms with E-state index in [4.69, 9.17) is 5.11 Å². The highest BCUT2D eigenvalue weighted by Gasteiger charge is 2.46. The van der Waals surface area contributed by atoms with Crippen LogP contribution in [0.3, 0.4) is 0 Å². The number of carboxylic acid groups (broad SMARTS) is 1. The second-order valence-corrected chi connectivity index (χ2v) is 3.23. The van der Waals surface area contributed by atoms with Crippen molar-refractivity contribution >= 4 is 6.09 Å². The van der Waals surface area contributed by atoms with Crippen LogP contribution < -0.4 is 0 Å². The van der Waals surface area contributed by atoms with Crippen molar-refractivity contribution in [3.63, 3.8) is 0 Å². The summed E-state index contributed by atoms with van der Waals surface area (Å²) in [5, 5.41) is 8.83. The van der Waals surface area contributed by atoms with Gasteiger partial charge in [0, 0.05) is 7.11 Å². The van der Waals surface area contributed by atoms with Gasteiger partial charge >= 0.3 is 12.3 Å². The zero-order valence-electron chi connectivity index (χ0n) is 8.67. The van der Waals surface area contributed by atoms with Gasteiger partial charge in [-0.15, -0.1) is 0 Å². The third-order valence-corrected chi connectivity index (χ3v) is 2.22. The fraction of sp³-hybridized carbons (Fsp3) is 0.875. The van der Waals surface area contributed by atoms with Gasteiger partial charge in [0.25, 0.3) is 0 Å². The predicted octanol–water partition coefficient (Wildman–Crippen LogP) is 1.71. The first-order chi connectivity index (χ1) is 6.77. The largest absolute Gasteiger partial charge is 0.513 e. The van der Waals surface area contributed by atoms with Crippen LogP contribution in [0.4, 0.5) is 18.0 Å². The van der Waals surface area contributed by atoms with Gasteiger partial charge in [-0.3, -0.25) is 0 Å². The maximum Gasteiger partial charge on any atom is 0.513 e. The molecule has 0 spiro atoms. The maximum atomic E-state index is 12.2. The number of likely N-dealkylation sites (N-methyl/N-ethyl adjacent to an activating group) is 1. The van der Waals surface area contributed by atoms with Crippen LogP contribution in [0.2, 0.25) is 0 Å². The molecule has 1 amide bonds. The molecular formula is C8H15F3NO3+. The van der Waals surface area contributed by atoms with Crippen molar-refractivity contribution < 1.29 is 32.3 Å². The Hall–Kier alpha value is -0.820. The highest BCUT2D eigenvalue weighted by Crippen LogP contribution is 2.22. The van der Waals surface area contributed by atoms with Gasteiger partial charge in [0.1, 0.15) is 6.54 Å². The van der Waals surface area contributed by atoms with Crippen molar-refractivity contribution in [3.8, 4) is 0 Å². The Labute approximate surface area is 85.8 Å². The Morgan fingerprint density at radius 2 is 2.00 bits per heavy atom. The summed E-state index contributed by atoms with van der Waals surface area (Å²) < 4.78 is 40.2. The number of halogens is 3. The fourth-order valence-electron chi connectivity index (χ4n) is 1.26. The van der Waals surface area contributed by atoms with E-state index in [2.05, 4.69) is 4.74 Å². The second-order valence-electron chi connectivity index (χ2n) is 3.23. The van der Waals surface area contributed by atoms with Crippen LogP contribution in [-0.2, 0) is 4.74 Å². The summed E-state index contributed by atoms with van der Waals surface area (Å²) in [4.78, 5) is 10.9. The second kappa shape index (κ2) is 5.32. The van der Waals surface area contributed by atoms with Gasteiger partial charge in [-0.25, -0.2) is 4.48 Å². The summed E-state index contributed by atoms with van der Waals surface area (Å²) in [7, 11) is 1.32. The number of methoxy groups -OCH3 is 1. The molecule has 0 fully saturated rings. The molecule has 0 aromatic heterocycles. The molecule has 90 valence electrons. The third kappa shape index (κ3) is 4.48. The summed E-state index contributed by atoms with van der Waals surface area (Å²) >= 11 is 0. The molecule has 0 aromatic carbocycles. The Kier molecular flexibility index (Phi) is 5.02. The Morgan fingerprint density at radius 3 is 2.27 bits per heavy atom. The van der Waals surface area contributed by atoms with Crippen molar-refractivity contribution in [2.75, 3.05) is 33.4 Å². The Bertz CT molecular complexity index is 220. The van der Waals surface area contributed by atoms with E-state index < -0.39 is 23.3 Å². The number of alkyl halides is 3. The van der Waals surface area contributed by atoms with Gasteiger partial charge in [-0.2, -0.15) is 18.0 Å². The lowest BCUT2D eigenvalue weighted by Crippen LogP contribution is -2.58. The quantitative estimate of drug-likeness (QED) is 0.731. The van der Waals surface area contributed by atoms with Crippen LogP contribution in [0, 0.1) is 0 Å². The van der Waals surface area contributed by atoms with Gasteiger partial charge < -0.3 is 9.84 Å². The van der Waals surface area contributed by atoms with E-state index in [-0.39, 0.29) is 19.7 Å². The van der Waals surface area contributed by atoms with E-state index in [9.17, 15) is 18.0 Å². The number of ether oxygens (including phenoxy) is 1. The van der Waals surface area contributed by atoms with Crippen molar-refractivity contribution in [2.24, 2.45) is 0 Å². The van der Waals surface area contributed by atoms with E-state index in [0.29, 0.717) is 0 Å². The minimum atomic E-state index is -4.50. The fourth-order valence-corrected chi connectivity index (χ4v) is 1.26. The predicted molar refractivity (Wildman–Crippen MR) is 46.5 cm³/mol. The van der Waals surface area contributed by atoms with Gasteiger partial charge in [0.15, 0.2) is 6.54 Å². The number of hydrogen-bond donors (Lipinski definition) is 1. The first-order valence-corrected chi connectivity index (χ1v) is 4.42. The number of rotatable bonds is 5. The lowest BCUT2D eigenvalue weighted by atomic mass is 10.3. The number of nitrogens with zero attached hydrogens (tertiary/aromatic N) is 1. The molecule has 1 unspecified atom stereocenters. The molecule has 15 heavy (non-hydrogen) atoms. The van der Waals surface area contributed by atoms with Gasteiger partial charge in [-0.05, 0) is 6.92 Å². The first kappa shape index (κ1) is 14.2. The monoisotopic (exact) mass is 230 g/mol. The lowest BCUT2D eigenvalue weighted by molar-refractivity contribution is -0.867. The van der Waals surface area contributed by atoms with Crippen LogP contribution in [0.25, 0.3) is 0 Å². The number of hydrogen-bond acceptors (Lipinski definition) is 2. The minimum Gasteiger partial charge on any atom is -0.435 e.